The first-order chi connectivity index (χ1) is 42.1. The molecule has 2 aliphatic carbocycles. The Morgan fingerprint density at radius 3 is 1.21 bits per heavy atom. The maximum Gasteiger partial charge on any atom is 0.137 e. The molecule has 2 unspecified atom stereocenters. The summed E-state index contributed by atoms with van der Waals surface area (Å²) in [4.78, 5) is 2.29. The van der Waals surface area contributed by atoms with Crippen LogP contribution in [0.4, 0.5) is 25.8 Å². The van der Waals surface area contributed by atoms with E-state index in [0.717, 1.165) is 117 Å². The SMILES string of the molecule is C=Cc1ccc(Oc2ccc(C3(c4ccc(C)c(F)c4)c4ccccc4-c4ccc(N(c5ccc6c(c5)C(c5ccc(Oc7ccc(C=C)cc7)cc5)(c5ccc(C)c(F)c5)c5ccccc5-6)c5ccc6c(c5)oc5ccccc56)cc43)cc2)cc1. The van der Waals surface area contributed by atoms with Crippen molar-refractivity contribution in [3.8, 4) is 45.3 Å². The van der Waals surface area contributed by atoms with Crippen molar-refractivity contribution >= 4 is 51.2 Å². The molecule has 86 heavy (non-hydrogen) atoms. The molecule has 15 rings (SSSR count). The molecular formula is C80H55F2NO3. The van der Waals surface area contributed by atoms with Crippen LogP contribution in [0, 0.1) is 25.5 Å². The fraction of sp³-hybridized carbons (Fsp3) is 0.0500. The summed E-state index contributed by atoms with van der Waals surface area (Å²) in [7, 11) is 0. The Balaban J connectivity index is 0.956. The highest BCUT2D eigenvalue weighted by atomic mass is 19.1. The van der Waals surface area contributed by atoms with Crippen LogP contribution in [-0.2, 0) is 10.8 Å². The number of halogens is 2. The molecule has 1 heterocycles. The van der Waals surface area contributed by atoms with Gasteiger partial charge in [-0.2, -0.15) is 0 Å². The summed E-state index contributed by atoms with van der Waals surface area (Å²) in [5, 5.41) is 2.03. The normalized spacial score (nSPS) is 15.4. The topological polar surface area (TPSA) is 34.8 Å². The quantitative estimate of drug-likeness (QED) is 0.115. The molecule has 0 saturated carbocycles. The van der Waals surface area contributed by atoms with Crippen molar-refractivity contribution in [2.45, 2.75) is 24.7 Å². The summed E-state index contributed by atoms with van der Waals surface area (Å²) in [5.74, 6) is 2.16. The predicted octanol–water partition coefficient (Wildman–Crippen LogP) is 21.5. The maximum absolute atomic E-state index is 16.5. The van der Waals surface area contributed by atoms with E-state index in [4.69, 9.17) is 13.9 Å². The zero-order valence-corrected chi connectivity index (χ0v) is 47.3. The molecule has 2 atom stereocenters. The van der Waals surface area contributed by atoms with E-state index in [1.54, 1.807) is 26.0 Å². The van der Waals surface area contributed by atoms with Gasteiger partial charge in [0.15, 0.2) is 0 Å². The highest BCUT2D eigenvalue weighted by Crippen LogP contribution is 2.60. The van der Waals surface area contributed by atoms with Gasteiger partial charge >= 0.3 is 0 Å². The highest BCUT2D eigenvalue weighted by Gasteiger charge is 2.49. The number of benzene rings is 12. The van der Waals surface area contributed by atoms with E-state index in [2.05, 4.69) is 164 Å². The van der Waals surface area contributed by atoms with E-state index in [0.29, 0.717) is 34.1 Å². The van der Waals surface area contributed by atoms with E-state index in [-0.39, 0.29) is 11.6 Å². The van der Waals surface area contributed by atoms with Crippen LogP contribution in [0.2, 0.25) is 0 Å². The van der Waals surface area contributed by atoms with Crippen molar-refractivity contribution in [3.63, 3.8) is 0 Å². The number of furan rings is 1. The molecule has 4 nitrogen and oxygen atoms in total. The molecule has 13 aromatic rings. The van der Waals surface area contributed by atoms with Gasteiger partial charge in [0.1, 0.15) is 45.8 Å². The number of hydrogen-bond donors (Lipinski definition) is 0. The van der Waals surface area contributed by atoms with E-state index >= 15 is 8.78 Å². The molecule has 2 aliphatic rings. The second-order valence-electron chi connectivity index (χ2n) is 22.4. The monoisotopic (exact) mass is 1120 g/mol. The molecular weight excluding hydrogens is 1060 g/mol. The lowest BCUT2D eigenvalue weighted by Gasteiger charge is -2.36. The third kappa shape index (κ3) is 8.23. The average Bonchev–Trinajstić information content (AvgIpc) is 1.54. The number of aryl methyl sites for hydroxylation is 2. The number of hydrogen-bond acceptors (Lipinski definition) is 4. The van der Waals surface area contributed by atoms with Crippen molar-refractivity contribution in [2.75, 3.05) is 4.90 Å². The molecule has 0 fully saturated rings. The third-order valence-electron chi connectivity index (χ3n) is 17.7. The van der Waals surface area contributed by atoms with Crippen molar-refractivity contribution in [1.29, 1.82) is 0 Å². The molecule has 0 aliphatic heterocycles. The molecule has 412 valence electrons. The third-order valence-corrected chi connectivity index (χ3v) is 17.7. The predicted molar refractivity (Wildman–Crippen MR) is 346 cm³/mol. The lowest BCUT2D eigenvalue weighted by atomic mass is 9.67. The van der Waals surface area contributed by atoms with Gasteiger partial charge in [0.2, 0.25) is 0 Å². The second kappa shape index (κ2) is 20.5. The van der Waals surface area contributed by atoms with E-state index in [1.807, 2.05) is 115 Å². The number of rotatable bonds is 13. The first-order valence-corrected chi connectivity index (χ1v) is 28.9. The molecule has 1 aromatic heterocycles. The Kier molecular flexibility index (Phi) is 12.4. The molecule has 0 bridgehead atoms. The number of nitrogens with zero attached hydrogens (tertiary/aromatic N) is 1. The summed E-state index contributed by atoms with van der Waals surface area (Å²) in [6, 6.07) is 88.3. The van der Waals surface area contributed by atoms with Gasteiger partial charge in [0.05, 0.1) is 10.8 Å². The van der Waals surface area contributed by atoms with Gasteiger partial charge in [0, 0.05) is 33.9 Å². The van der Waals surface area contributed by atoms with Crippen LogP contribution in [0.1, 0.15) is 66.8 Å². The zero-order chi connectivity index (χ0) is 58.3. The summed E-state index contributed by atoms with van der Waals surface area (Å²) < 4.78 is 52.6. The van der Waals surface area contributed by atoms with Crippen molar-refractivity contribution in [1.82, 2.24) is 0 Å². The Bertz CT molecular complexity index is 4600. The largest absolute Gasteiger partial charge is 0.457 e. The summed E-state index contributed by atoms with van der Waals surface area (Å²) in [6.45, 7) is 11.4. The van der Waals surface area contributed by atoms with Gasteiger partial charge in [-0.05, 0) is 206 Å². The number of anilines is 3. The zero-order valence-electron chi connectivity index (χ0n) is 47.3. The Hall–Kier alpha value is -10.8. The van der Waals surface area contributed by atoms with Crippen LogP contribution in [0.15, 0.2) is 278 Å². The number of fused-ring (bicyclic) bond motifs is 9. The summed E-state index contributed by atoms with van der Waals surface area (Å²) in [6.07, 6.45) is 3.62. The van der Waals surface area contributed by atoms with Crippen molar-refractivity contribution < 1.29 is 22.7 Å². The van der Waals surface area contributed by atoms with Crippen LogP contribution in [-0.4, -0.2) is 0 Å². The molecule has 0 radical (unpaired) electrons. The standard InChI is InChI=1S/C80H55F2NO3/c1-5-52-21-34-61(35-22-52)84-63-38-27-54(28-39-63)79(56-25-19-50(3)75(81)45-56)71-16-10-7-13-65(71)67-42-31-58(47-73(67)79)83(60-33-44-70-69-15-9-12-18-77(69)86-78(70)49-60)59-32-43-68-66-14-8-11-17-72(66)80(74(68)48-59,57-26-20-51(4)76(82)46-57)55-29-40-64(41-30-55)85-62-36-23-53(6-2)24-37-62/h5-49H,1-2H2,3-4H3. The first kappa shape index (κ1) is 52.0. The van der Waals surface area contributed by atoms with Gasteiger partial charge in [-0.3, -0.25) is 0 Å². The van der Waals surface area contributed by atoms with E-state index < -0.39 is 10.8 Å². The first-order valence-electron chi connectivity index (χ1n) is 28.9. The smallest absolute Gasteiger partial charge is 0.137 e. The number of para-hydroxylation sites is 1. The molecule has 0 saturated heterocycles. The second-order valence-corrected chi connectivity index (χ2v) is 22.4. The van der Waals surface area contributed by atoms with Crippen LogP contribution >= 0.6 is 0 Å². The van der Waals surface area contributed by atoms with Gasteiger partial charge in [-0.25, -0.2) is 8.78 Å². The van der Waals surface area contributed by atoms with Crippen LogP contribution in [0.3, 0.4) is 0 Å². The molecule has 6 heteroatoms. The van der Waals surface area contributed by atoms with E-state index in [1.165, 1.54) is 0 Å². The molecule has 0 amide bonds. The van der Waals surface area contributed by atoms with Crippen molar-refractivity contribution in [3.05, 3.63) is 352 Å². The Labute approximate surface area is 498 Å². The Morgan fingerprint density at radius 2 is 0.744 bits per heavy atom. The maximum atomic E-state index is 16.5. The van der Waals surface area contributed by atoms with Gasteiger partial charge in [-0.1, -0.05) is 177 Å². The van der Waals surface area contributed by atoms with Crippen LogP contribution in [0.25, 0.3) is 56.3 Å². The van der Waals surface area contributed by atoms with Gasteiger partial charge < -0.3 is 18.8 Å². The lowest BCUT2D eigenvalue weighted by molar-refractivity contribution is 0.482. The molecule has 0 spiro atoms. The van der Waals surface area contributed by atoms with Crippen LogP contribution < -0.4 is 14.4 Å². The van der Waals surface area contributed by atoms with Crippen molar-refractivity contribution in [2.24, 2.45) is 0 Å². The summed E-state index contributed by atoms with van der Waals surface area (Å²) in [5.41, 5.74) is 16.9. The fourth-order valence-corrected chi connectivity index (χ4v) is 13.5. The molecule has 12 aromatic carbocycles. The number of ether oxygens (including phenoxy) is 2. The van der Waals surface area contributed by atoms with Gasteiger partial charge in [0.25, 0.3) is 0 Å². The van der Waals surface area contributed by atoms with Crippen LogP contribution in [0.5, 0.6) is 23.0 Å². The summed E-state index contributed by atoms with van der Waals surface area (Å²) >= 11 is 0. The fourth-order valence-electron chi connectivity index (χ4n) is 13.5. The Morgan fingerprint density at radius 1 is 0.360 bits per heavy atom. The minimum atomic E-state index is -0.996. The highest BCUT2D eigenvalue weighted by molar-refractivity contribution is 6.06. The minimum Gasteiger partial charge on any atom is -0.457 e. The van der Waals surface area contributed by atoms with Gasteiger partial charge in [-0.15, -0.1) is 0 Å². The average molecular weight is 1120 g/mol. The molecule has 0 N–H and O–H groups in total. The minimum absolute atomic E-state index is 0.288. The lowest BCUT2D eigenvalue weighted by Crippen LogP contribution is -2.29. The van der Waals surface area contributed by atoms with E-state index in [9.17, 15) is 0 Å².